The minimum absolute atomic E-state index is 0.0337. The fourth-order valence-corrected chi connectivity index (χ4v) is 3.44. The van der Waals surface area contributed by atoms with Crippen molar-refractivity contribution in [1.29, 1.82) is 0 Å². The van der Waals surface area contributed by atoms with Gasteiger partial charge >= 0.3 is 0 Å². The lowest BCUT2D eigenvalue weighted by molar-refractivity contribution is -0.115. The van der Waals surface area contributed by atoms with Gasteiger partial charge in [-0.05, 0) is 42.5 Å². The van der Waals surface area contributed by atoms with Crippen molar-refractivity contribution >= 4 is 44.9 Å². The number of benzene rings is 3. The SMILES string of the molecule is CCC(=O)Nc1cccc(-c2nc(Nc3ccc4[nH]ncc4c3)c3ccccc3n2)c1. The highest BCUT2D eigenvalue weighted by Crippen LogP contribution is 2.29. The number of fused-ring (bicyclic) bond motifs is 2. The molecule has 0 fully saturated rings. The lowest BCUT2D eigenvalue weighted by Crippen LogP contribution is -2.09. The number of carbonyl (C=O) groups is 1. The quantitative estimate of drug-likeness (QED) is 0.368. The fourth-order valence-electron chi connectivity index (χ4n) is 3.44. The number of rotatable bonds is 5. The summed E-state index contributed by atoms with van der Waals surface area (Å²) in [5.74, 6) is 1.26. The maximum Gasteiger partial charge on any atom is 0.224 e. The van der Waals surface area contributed by atoms with Crippen molar-refractivity contribution in [2.75, 3.05) is 10.6 Å². The summed E-state index contributed by atoms with van der Waals surface area (Å²) < 4.78 is 0. The van der Waals surface area contributed by atoms with E-state index in [1.807, 2.05) is 73.7 Å². The van der Waals surface area contributed by atoms with Crippen LogP contribution in [0.5, 0.6) is 0 Å². The number of carbonyl (C=O) groups excluding carboxylic acids is 1. The molecule has 0 bridgehead atoms. The molecular weight excluding hydrogens is 388 g/mol. The van der Waals surface area contributed by atoms with Crippen LogP contribution in [0.1, 0.15) is 13.3 Å². The van der Waals surface area contributed by atoms with E-state index in [1.54, 1.807) is 6.20 Å². The monoisotopic (exact) mass is 408 g/mol. The Bertz CT molecular complexity index is 1410. The lowest BCUT2D eigenvalue weighted by Gasteiger charge is -2.12. The van der Waals surface area contributed by atoms with Gasteiger partial charge in [0.05, 0.1) is 17.2 Å². The third-order valence-electron chi connectivity index (χ3n) is 5.03. The van der Waals surface area contributed by atoms with Crippen molar-refractivity contribution in [2.45, 2.75) is 13.3 Å². The van der Waals surface area contributed by atoms with Gasteiger partial charge in [-0.3, -0.25) is 9.89 Å². The highest BCUT2D eigenvalue weighted by molar-refractivity contribution is 5.94. The predicted octanol–water partition coefficient (Wildman–Crippen LogP) is 5.27. The van der Waals surface area contributed by atoms with E-state index in [0.29, 0.717) is 18.1 Å². The number of nitrogens with one attached hydrogen (secondary N) is 3. The third kappa shape index (κ3) is 3.81. The number of anilines is 3. The summed E-state index contributed by atoms with van der Waals surface area (Å²) in [5, 5.41) is 15.3. The second kappa shape index (κ2) is 7.87. The van der Waals surface area contributed by atoms with Gasteiger partial charge in [-0.25, -0.2) is 9.97 Å². The first-order chi connectivity index (χ1) is 15.2. The van der Waals surface area contributed by atoms with Crippen molar-refractivity contribution in [3.8, 4) is 11.4 Å². The van der Waals surface area contributed by atoms with E-state index in [4.69, 9.17) is 9.97 Å². The summed E-state index contributed by atoms with van der Waals surface area (Å²) in [6.45, 7) is 1.82. The molecule has 0 saturated heterocycles. The van der Waals surface area contributed by atoms with Crippen LogP contribution in [-0.2, 0) is 4.79 Å². The molecule has 2 heterocycles. The van der Waals surface area contributed by atoms with Gasteiger partial charge in [-0.1, -0.05) is 31.2 Å². The van der Waals surface area contributed by atoms with Crippen LogP contribution in [0.15, 0.2) is 72.9 Å². The van der Waals surface area contributed by atoms with E-state index in [0.717, 1.165) is 38.7 Å². The maximum atomic E-state index is 11.8. The minimum atomic E-state index is -0.0337. The Kier molecular flexibility index (Phi) is 4.76. The summed E-state index contributed by atoms with van der Waals surface area (Å²) in [6.07, 6.45) is 2.21. The molecule has 1 amide bonds. The zero-order valence-corrected chi connectivity index (χ0v) is 16.9. The molecule has 0 aliphatic heterocycles. The van der Waals surface area contributed by atoms with Gasteiger partial charge in [0.2, 0.25) is 5.91 Å². The average molecular weight is 408 g/mol. The van der Waals surface area contributed by atoms with Crippen LogP contribution in [0, 0.1) is 0 Å². The van der Waals surface area contributed by atoms with Gasteiger partial charge in [0.15, 0.2) is 5.82 Å². The van der Waals surface area contributed by atoms with Crippen LogP contribution in [0.2, 0.25) is 0 Å². The van der Waals surface area contributed by atoms with Crippen LogP contribution >= 0.6 is 0 Å². The molecule has 7 nitrogen and oxygen atoms in total. The first kappa shape index (κ1) is 18.7. The van der Waals surface area contributed by atoms with Gasteiger partial charge in [0.25, 0.3) is 0 Å². The topological polar surface area (TPSA) is 95.6 Å². The van der Waals surface area contributed by atoms with Gasteiger partial charge in [0.1, 0.15) is 5.82 Å². The molecule has 2 aromatic heterocycles. The number of hydrogen-bond acceptors (Lipinski definition) is 5. The van der Waals surface area contributed by atoms with Crippen LogP contribution in [0.3, 0.4) is 0 Å². The molecule has 0 radical (unpaired) electrons. The molecule has 7 heteroatoms. The number of hydrogen-bond donors (Lipinski definition) is 3. The van der Waals surface area contributed by atoms with Crippen LogP contribution < -0.4 is 10.6 Å². The molecule has 0 atom stereocenters. The van der Waals surface area contributed by atoms with Crippen molar-refractivity contribution < 1.29 is 4.79 Å². The fraction of sp³-hybridized carbons (Fsp3) is 0.0833. The molecule has 5 aromatic rings. The van der Waals surface area contributed by atoms with Crippen LogP contribution in [0.4, 0.5) is 17.2 Å². The van der Waals surface area contributed by atoms with Crippen molar-refractivity contribution in [3.05, 3.63) is 72.9 Å². The van der Waals surface area contributed by atoms with Gasteiger partial charge in [0, 0.05) is 34.1 Å². The summed E-state index contributed by atoms with van der Waals surface area (Å²) >= 11 is 0. The lowest BCUT2D eigenvalue weighted by atomic mass is 10.1. The highest BCUT2D eigenvalue weighted by atomic mass is 16.1. The first-order valence-electron chi connectivity index (χ1n) is 10.1. The molecule has 3 N–H and O–H groups in total. The normalized spacial score (nSPS) is 11.0. The Morgan fingerprint density at radius 1 is 0.968 bits per heavy atom. The zero-order valence-electron chi connectivity index (χ0n) is 16.9. The molecule has 0 saturated carbocycles. The number of aromatic nitrogens is 4. The zero-order chi connectivity index (χ0) is 21.2. The molecule has 0 spiro atoms. The van der Waals surface area contributed by atoms with E-state index in [1.165, 1.54) is 0 Å². The van der Waals surface area contributed by atoms with E-state index in [-0.39, 0.29) is 5.91 Å². The largest absolute Gasteiger partial charge is 0.340 e. The minimum Gasteiger partial charge on any atom is -0.340 e. The number of para-hydroxylation sites is 1. The smallest absolute Gasteiger partial charge is 0.224 e. The van der Waals surface area contributed by atoms with Crippen molar-refractivity contribution in [3.63, 3.8) is 0 Å². The summed E-state index contributed by atoms with van der Waals surface area (Å²) in [6, 6.07) is 21.4. The summed E-state index contributed by atoms with van der Waals surface area (Å²) in [4.78, 5) is 21.3. The number of amides is 1. The number of aromatic amines is 1. The Balaban J connectivity index is 1.57. The Hall–Kier alpha value is -4.26. The van der Waals surface area contributed by atoms with E-state index in [2.05, 4.69) is 20.8 Å². The Labute approximate surface area is 178 Å². The second-order valence-corrected chi connectivity index (χ2v) is 7.19. The molecular formula is C24H20N6O. The summed E-state index contributed by atoms with van der Waals surface area (Å²) in [5.41, 5.74) is 4.27. The molecule has 31 heavy (non-hydrogen) atoms. The van der Waals surface area contributed by atoms with Crippen molar-refractivity contribution in [1.82, 2.24) is 20.2 Å². The van der Waals surface area contributed by atoms with Gasteiger partial charge in [-0.2, -0.15) is 5.10 Å². The molecule has 3 aromatic carbocycles. The molecule has 0 aliphatic rings. The predicted molar refractivity (Wildman–Crippen MR) is 123 cm³/mol. The standard InChI is InChI=1S/C24H20N6O/c1-2-22(31)26-17-7-5-6-15(12-17)23-28-21-9-4-3-8-19(21)24(29-23)27-18-10-11-20-16(13-18)14-25-30-20/h3-14H,2H2,1H3,(H,25,30)(H,26,31)(H,27,28,29). The van der Waals surface area contributed by atoms with E-state index >= 15 is 0 Å². The van der Waals surface area contributed by atoms with Crippen LogP contribution in [-0.4, -0.2) is 26.1 Å². The first-order valence-corrected chi connectivity index (χ1v) is 10.1. The molecule has 0 aliphatic carbocycles. The number of nitrogens with zero attached hydrogens (tertiary/aromatic N) is 3. The maximum absolute atomic E-state index is 11.8. The van der Waals surface area contributed by atoms with Crippen LogP contribution in [0.25, 0.3) is 33.2 Å². The summed E-state index contributed by atoms with van der Waals surface area (Å²) in [7, 11) is 0. The van der Waals surface area contributed by atoms with Crippen molar-refractivity contribution in [2.24, 2.45) is 0 Å². The molecule has 152 valence electrons. The third-order valence-corrected chi connectivity index (χ3v) is 5.03. The molecule has 5 rings (SSSR count). The Morgan fingerprint density at radius 2 is 1.87 bits per heavy atom. The van der Waals surface area contributed by atoms with Gasteiger partial charge in [-0.15, -0.1) is 0 Å². The van der Waals surface area contributed by atoms with Gasteiger partial charge < -0.3 is 10.6 Å². The average Bonchev–Trinajstić information content (AvgIpc) is 3.27. The van der Waals surface area contributed by atoms with E-state index in [9.17, 15) is 4.79 Å². The Morgan fingerprint density at radius 3 is 2.77 bits per heavy atom. The highest BCUT2D eigenvalue weighted by Gasteiger charge is 2.11. The number of H-pyrrole nitrogens is 1. The molecule has 0 unspecified atom stereocenters. The second-order valence-electron chi connectivity index (χ2n) is 7.19. The van der Waals surface area contributed by atoms with E-state index < -0.39 is 0 Å².